The number of rotatable bonds is 6. The van der Waals surface area contributed by atoms with Crippen LogP contribution in [-0.4, -0.2) is 21.9 Å². The number of ether oxygens (including phenoxy) is 2. The molecule has 0 saturated carbocycles. The second kappa shape index (κ2) is 6.53. The lowest BCUT2D eigenvalue weighted by atomic mass is 10.3. The Balaban J connectivity index is 2.12. The molecule has 0 aliphatic heterocycles. The van der Waals surface area contributed by atoms with Crippen LogP contribution in [0.3, 0.4) is 0 Å². The van der Waals surface area contributed by atoms with E-state index in [0.29, 0.717) is 11.5 Å². The number of carbonyl (C=O) groups is 1. The standard InChI is InChI=1S/C14H13N3O5/c1-9(13(15)18)21-10-4-6-11(7-5-10)22-14-12(17(19)20)3-2-8-16-14/h2-9H,1H3,(H2,15,18). The van der Waals surface area contributed by atoms with Gasteiger partial charge in [-0.1, -0.05) is 0 Å². The Morgan fingerprint density at radius 3 is 2.50 bits per heavy atom. The highest BCUT2D eigenvalue weighted by Crippen LogP contribution is 2.29. The summed E-state index contributed by atoms with van der Waals surface area (Å²) in [6, 6.07) is 8.96. The maximum atomic E-state index is 10.9. The second-order valence-electron chi connectivity index (χ2n) is 4.32. The molecule has 22 heavy (non-hydrogen) atoms. The molecule has 1 amide bonds. The number of hydrogen-bond donors (Lipinski definition) is 1. The summed E-state index contributed by atoms with van der Waals surface area (Å²) in [6.07, 6.45) is 0.637. The van der Waals surface area contributed by atoms with Crippen LogP contribution in [0.15, 0.2) is 42.6 Å². The van der Waals surface area contributed by atoms with E-state index in [1.54, 1.807) is 24.3 Å². The molecule has 0 radical (unpaired) electrons. The van der Waals surface area contributed by atoms with Gasteiger partial charge in [-0.2, -0.15) is 0 Å². The highest BCUT2D eigenvalue weighted by atomic mass is 16.6. The first-order valence-electron chi connectivity index (χ1n) is 6.30. The molecule has 0 fully saturated rings. The fourth-order valence-electron chi connectivity index (χ4n) is 1.56. The normalized spacial score (nSPS) is 11.5. The molecule has 2 N–H and O–H groups in total. The molecule has 1 unspecified atom stereocenters. The maximum Gasteiger partial charge on any atom is 0.331 e. The van der Waals surface area contributed by atoms with Crippen LogP contribution in [0.2, 0.25) is 0 Å². The van der Waals surface area contributed by atoms with E-state index in [4.69, 9.17) is 15.2 Å². The first-order valence-corrected chi connectivity index (χ1v) is 6.30. The average molecular weight is 303 g/mol. The predicted molar refractivity (Wildman–Crippen MR) is 76.7 cm³/mol. The number of nitrogens with zero attached hydrogens (tertiary/aromatic N) is 2. The summed E-state index contributed by atoms with van der Waals surface area (Å²) in [5.74, 6) is 0.0890. The van der Waals surface area contributed by atoms with Crippen molar-refractivity contribution in [1.29, 1.82) is 0 Å². The van der Waals surface area contributed by atoms with Crippen molar-refractivity contribution in [2.24, 2.45) is 5.73 Å². The third kappa shape index (κ3) is 3.69. The van der Waals surface area contributed by atoms with Gasteiger partial charge in [0.1, 0.15) is 11.5 Å². The summed E-state index contributed by atoms with van der Waals surface area (Å²) in [7, 11) is 0. The van der Waals surface area contributed by atoms with Gasteiger partial charge in [0.05, 0.1) is 4.92 Å². The summed E-state index contributed by atoms with van der Waals surface area (Å²) in [6.45, 7) is 1.53. The van der Waals surface area contributed by atoms with Crippen molar-refractivity contribution in [2.45, 2.75) is 13.0 Å². The number of nitro groups is 1. The van der Waals surface area contributed by atoms with E-state index in [0.717, 1.165) is 0 Å². The van der Waals surface area contributed by atoms with E-state index < -0.39 is 16.9 Å². The zero-order valence-corrected chi connectivity index (χ0v) is 11.6. The minimum absolute atomic E-state index is 0.105. The highest BCUT2D eigenvalue weighted by Gasteiger charge is 2.16. The molecule has 2 aromatic rings. The number of amides is 1. The van der Waals surface area contributed by atoms with Crippen LogP contribution in [0.5, 0.6) is 17.4 Å². The molecule has 0 saturated heterocycles. The van der Waals surface area contributed by atoms with Crippen molar-refractivity contribution in [2.75, 3.05) is 0 Å². The Morgan fingerprint density at radius 2 is 1.91 bits per heavy atom. The zero-order chi connectivity index (χ0) is 16.1. The Bertz CT molecular complexity index is 687. The Kier molecular flexibility index (Phi) is 4.52. The molecule has 2 rings (SSSR count). The third-order valence-corrected chi connectivity index (χ3v) is 2.70. The molecular formula is C14H13N3O5. The maximum absolute atomic E-state index is 10.9. The number of pyridine rings is 1. The minimum atomic E-state index is -0.761. The van der Waals surface area contributed by atoms with E-state index >= 15 is 0 Å². The molecule has 1 aromatic carbocycles. The number of benzene rings is 1. The molecule has 114 valence electrons. The first kappa shape index (κ1) is 15.2. The van der Waals surface area contributed by atoms with Gasteiger partial charge in [0, 0.05) is 12.3 Å². The summed E-state index contributed by atoms with van der Waals surface area (Å²) in [5.41, 5.74) is 4.87. The molecule has 0 aliphatic rings. The van der Waals surface area contributed by atoms with Crippen LogP contribution in [0, 0.1) is 10.1 Å². The van der Waals surface area contributed by atoms with Crippen LogP contribution >= 0.6 is 0 Å². The lowest BCUT2D eigenvalue weighted by molar-refractivity contribution is -0.386. The molecule has 0 bridgehead atoms. The van der Waals surface area contributed by atoms with Crippen LogP contribution < -0.4 is 15.2 Å². The fraction of sp³-hybridized carbons (Fsp3) is 0.143. The Hall–Kier alpha value is -3.16. The lowest BCUT2D eigenvalue weighted by Gasteiger charge is -2.11. The smallest absolute Gasteiger partial charge is 0.331 e. The van der Waals surface area contributed by atoms with Gasteiger partial charge in [-0.3, -0.25) is 14.9 Å². The largest absolute Gasteiger partial charge is 0.481 e. The monoisotopic (exact) mass is 303 g/mol. The number of primary amides is 1. The lowest BCUT2D eigenvalue weighted by Crippen LogP contribution is -2.30. The molecule has 1 aromatic heterocycles. The number of nitrogens with two attached hydrogens (primary N) is 1. The van der Waals surface area contributed by atoms with Gasteiger partial charge < -0.3 is 15.2 Å². The molecule has 8 heteroatoms. The van der Waals surface area contributed by atoms with Crippen LogP contribution in [0.25, 0.3) is 0 Å². The average Bonchev–Trinajstić information content (AvgIpc) is 2.49. The van der Waals surface area contributed by atoms with E-state index in [9.17, 15) is 14.9 Å². The molecular weight excluding hydrogens is 290 g/mol. The van der Waals surface area contributed by atoms with Crippen LogP contribution in [0.1, 0.15) is 6.92 Å². The van der Waals surface area contributed by atoms with Crippen molar-refractivity contribution in [3.05, 3.63) is 52.7 Å². The quantitative estimate of drug-likeness (QED) is 0.644. The van der Waals surface area contributed by atoms with Crippen molar-refractivity contribution in [3.63, 3.8) is 0 Å². The van der Waals surface area contributed by atoms with Gasteiger partial charge in [0.25, 0.3) is 11.8 Å². The summed E-state index contributed by atoms with van der Waals surface area (Å²) in [5, 5.41) is 10.9. The van der Waals surface area contributed by atoms with Crippen LogP contribution in [-0.2, 0) is 4.79 Å². The van der Waals surface area contributed by atoms with Gasteiger partial charge in [0.15, 0.2) is 6.10 Å². The summed E-state index contributed by atoms with van der Waals surface area (Å²) in [4.78, 5) is 25.0. The molecule has 1 heterocycles. The highest BCUT2D eigenvalue weighted by molar-refractivity contribution is 5.78. The van der Waals surface area contributed by atoms with E-state index in [1.165, 1.54) is 25.3 Å². The van der Waals surface area contributed by atoms with E-state index in [-0.39, 0.29) is 11.6 Å². The fourth-order valence-corrected chi connectivity index (χ4v) is 1.56. The first-order chi connectivity index (χ1) is 10.5. The van der Waals surface area contributed by atoms with E-state index in [1.807, 2.05) is 0 Å². The number of carbonyl (C=O) groups excluding carboxylic acids is 1. The van der Waals surface area contributed by atoms with Crippen LogP contribution in [0.4, 0.5) is 5.69 Å². The van der Waals surface area contributed by atoms with Crippen molar-refractivity contribution in [1.82, 2.24) is 4.98 Å². The zero-order valence-electron chi connectivity index (χ0n) is 11.6. The van der Waals surface area contributed by atoms with Gasteiger partial charge in [-0.15, -0.1) is 0 Å². The molecule has 8 nitrogen and oxygen atoms in total. The van der Waals surface area contributed by atoms with Gasteiger partial charge in [-0.25, -0.2) is 4.98 Å². The Labute approximate surface area is 125 Å². The third-order valence-electron chi connectivity index (χ3n) is 2.70. The SMILES string of the molecule is CC(Oc1ccc(Oc2ncccc2[N+](=O)[O-])cc1)C(N)=O. The van der Waals surface area contributed by atoms with Crippen molar-refractivity contribution in [3.8, 4) is 17.4 Å². The summed E-state index contributed by atoms with van der Waals surface area (Å²) >= 11 is 0. The second-order valence-corrected chi connectivity index (χ2v) is 4.32. The topological polar surface area (TPSA) is 118 Å². The summed E-state index contributed by atoms with van der Waals surface area (Å²) < 4.78 is 10.7. The van der Waals surface area contributed by atoms with Gasteiger partial charge >= 0.3 is 5.69 Å². The Morgan fingerprint density at radius 1 is 1.27 bits per heavy atom. The predicted octanol–water partition coefficient (Wildman–Crippen LogP) is 2.03. The minimum Gasteiger partial charge on any atom is -0.481 e. The van der Waals surface area contributed by atoms with Crippen molar-refractivity contribution < 1.29 is 19.2 Å². The van der Waals surface area contributed by atoms with Gasteiger partial charge in [-0.05, 0) is 37.3 Å². The number of aromatic nitrogens is 1. The number of hydrogen-bond acceptors (Lipinski definition) is 6. The molecule has 1 atom stereocenters. The van der Waals surface area contributed by atoms with E-state index in [2.05, 4.69) is 4.98 Å². The van der Waals surface area contributed by atoms with Gasteiger partial charge in [0.2, 0.25) is 0 Å². The van der Waals surface area contributed by atoms with Crippen molar-refractivity contribution >= 4 is 11.6 Å². The molecule has 0 spiro atoms. The molecule has 0 aliphatic carbocycles.